The topological polar surface area (TPSA) is 69.0 Å². The van der Waals surface area contributed by atoms with Crippen LogP contribution in [0, 0.1) is 0 Å². The Morgan fingerprint density at radius 3 is 2.95 bits per heavy atom. The zero-order valence-corrected chi connectivity index (χ0v) is 12.0. The Morgan fingerprint density at radius 2 is 2.14 bits per heavy atom. The van der Waals surface area contributed by atoms with Gasteiger partial charge in [-0.05, 0) is 18.4 Å². The molecule has 0 unspecified atom stereocenters. The van der Waals surface area contributed by atoms with Gasteiger partial charge >= 0.3 is 0 Å². The smallest absolute Gasteiger partial charge is 0.225 e. The zero-order chi connectivity index (χ0) is 14.2. The fourth-order valence-electron chi connectivity index (χ4n) is 3.05. The maximum absolute atomic E-state index is 5.92. The SMILES string of the molecule is CCc1cnc(N2CC[C@H]3OCc4cnnn4[C@H]3C2)nc1. The van der Waals surface area contributed by atoms with Crippen LogP contribution < -0.4 is 4.90 Å². The Bertz CT molecular complexity index is 625. The second kappa shape index (κ2) is 5.07. The van der Waals surface area contributed by atoms with Gasteiger partial charge in [0.2, 0.25) is 5.95 Å². The molecule has 0 N–H and O–H groups in total. The van der Waals surface area contributed by atoms with Crippen molar-refractivity contribution in [2.45, 2.75) is 38.5 Å². The highest BCUT2D eigenvalue weighted by molar-refractivity contribution is 5.31. The lowest BCUT2D eigenvalue weighted by Crippen LogP contribution is -2.48. The van der Waals surface area contributed by atoms with Gasteiger partial charge in [0.25, 0.3) is 0 Å². The number of rotatable bonds is 2. The number of hydrogen-bond acceptors (Lipinski definition) is 6. The first-order valence-corrected chi connectivity index (χ1v) is 7.41. The second-order valence-electron chi connectivity index (χ2n) is 5.57. The third-order valence-electron chi connectivity index (χ3n) is 4.31. The van der Waals surface area contributed by atoms with Crippen LogP contribution in [-0.2, 0) is 17.8 Å². The molecule has 0 saturated carbocycles. The first kappa shape index (κ1) is 12.7. The van der Waals surface area contributed by atoms with E-state index in [-0.39, 0.29) is 12.1 Å². The van der Waals surface area contributed by atoms with E-state index in [0.29, 0.717) is 6.61 Å². The molecule has 0 spiro atoms. The highest BCUT2D eigenvalue weighted by Crippen LogP contribution is 2.31. The molecule has 2 aromatic rings. The molecule has 4 rings (SSSR count). The predicted molar refractivity (Wildman–Crippen MR) is 75.9 cm³/mol. The van der Waals surface area contributed by atoms with Crippen molar-refractivity contribution in [1.82, 2.24) is 25.0 Å². The number of ether oxygens (including phenoxy) is 1. The van der Waals surface area contributed by atoms with Crippen molar-refractivity contribution < 1.29 is 4.74 Å². The maximum Gasteiger partial charge on any atom is 0.225 e. The van der Waals surface area contributed by atoms with Gasteiger partial charge in [-0.25, -0.2) is 14.6 Å². The van der Waals surface area contributed by atoms with Crippen molar-refractivity contribution in [2.75, 3.05) is 18.0 Å². The molecular weight excluding hydrogens is 268 g/mol. The monoisotopic (exact) mass is 286 g/mol. The van der Waals surface area contributed by atoms with Crippen molar-refractivity contribution in [2.24, 2.45) is 0 Å². The Morgan fingerprint density at radius 1 is 1.29 bits per heavy atom. The highest BCUT2D eigenvalue weighted by Gasteiger charge is 2.37. The Hall–Kier alpha value is -2.02. The molecule has 110 valence electrons. The predicted octanol–water partition coefficient (Wildman–Crippen LogP) is 0.981. The molecule has 0 aliphatic carbocycles. The van der Waals surface area contributed by atoms with Crippen LogP contribution >= 0.6 is 0 Å². The maximum atomic E-state index is 5.92. The number of aromatic nitrogens is 5. The van der Waals surface area contributed by atoms with E-state index in [1.165, 1.54) is 0 Å². The number of aryl methyl sites for hydroxylation is 1. The molecule has 21 heavy (non-hydrogen) atoms. The normalized spacial score (nSPS) is 24.5. The van der Waals surface area contributed by atoms with E-state index in [2.05, 4.69) is 32.1 Å². The van der Waals surface area contributed by atoms with Crippen LogP contribution in [0.4, 0.5) is 5.95 Å². The van der Waals surface area contributed by atoms with Crippen LogP contribution in [0.2, 0.25) is 0 Å². The van der Waals surface area contributed by atoms with Gasteiger partial charge in [0.05, 0.1) is 30.6 Å². The number of nitrogens with zero attached hydrogens (tertiary/aromatic N) is 6. The highest BCUT2D eigenvalue weighted by atomic mass is 16.5. The molecule has 0 radical (unpaired) electrons. The molecule has 4 heterocycles. The van der Waals surface area contributed by atoms with Crippen molar-refractivity contribution in [3.63, 3.8) is 0 Å². The van der Waals surface area contributed by atoms with Gasteiger partial charge in [-0.15, -0.1) is 5.10 Å². The standard InChI is InChI=1S/C14H18N6O/c1-2-10-5-15-14(16-6-10)19-4-3-13-12(8-19)20-11(9-21-13)7-17-18-20/h5-7,12-13H,2-4,8-9H2,1H3/t12-,13+/m0/s1. The average Bonchev–Trinajstić information content (AvgIpc) is 3.03. The van der Waals surface area contributed by atoms with Crippen LogP contribution in [0.5, 0.6) is 0 Å². The fourth-order valence-corrected chi connectivity index (χ4v) is 3.05. The van der Waals surface area contributed by atoms with Crippen molar-refractivity contribution in [1.29, 1.82) is 0 Å². The molecule has 2 atom stereocenters. The number of hydrogen-bond donors (Lipinski definition) is 0. The van der Waals surface area contributed by atoms with E-state index in [4.69, 9.17) is 4.74 Å². The Labute approximate surface area is 123 Å². The minimum absolute atomic E-state index is 0.194. The summed E-state index contributed by atoms with van der Waals surface area (Å²) < 4.78 is 7.92. The molecule has 0 bridgehead atoms. The van der Waals surface area contributed by atoms with Crippen LogP contribution in [0.1, 0.15) is 30.6 Å². The zero-order valence-electron chi connectivity index (χ0n) is 12.0. The van der Waals surface area contributed by atoms with Gasteiger partial charge in [-0.2, -0.15) is 0 Å². The molecule has 7 heteroatoms. The lowest BCUT2D eigenvalue weighted by molar-refractivity contribution is -0.0374. The minimum Gasteiger partial charge on any atom is -0.370 e. The summed E-state index contributed by atoms with van der Waals surface area (Å²) in [6.45, 7) is 4.44. The van der Waals surface area contributed by atoms with Crippen molar-refractivity contribution in [3.05, 3.63) is 29.8 Å². The van der Waals surface area contributed by atoms with Crippen LogP contribution in [0.15, 0.2) is 18.6 Å². The summed E-state index contributed by atoms with van der Waals surface area (Å²) in [6.07, 6.45) is 7.73. The second-order valence-corrected chi connectivity index (χ2v) is 5.57. The summed E-state index contributed by atoms with van der Waals surface area (Å²) >= 11 is 0. The largest absolute Gasteiger partial charge is 0.370 e. The number of fused-ring (bicyclic) bond motifs is 3. The minimum atomic E-state index is 0.194. The molecule has 0 amide bonds. The quantitative estimate of drug-likeness (QED) is 0.819. The molecule has 2 aliphatic rings. The van der Waals surface area contributed by atoms with Gasteiger partial charge in [0, 0.05) is 25.5 Å². The molecule has 7 nitrogen and oxygen atoms in total. The summed E-state index contributed by atoms with van der Waals surface area (Å²) in [5.74, 6) is 0.790. The first-order valence-electron chi connectivity index (χ1n) is 7.41. The fraction of sp³-hybridized carbons (Fsp3) is 0.571. The van der Waals surface area contributed by atoms with E-state index in [1.54, 1.807) is 6.20 Å². The van der Waals surface area contributed by atoms with Crippen molar-refractivity contribution in [3.8, 4) is 0 Å². The third-order valence-corrected chi connectivity index (χ3v) is 4.31. The number of piperidine rings is 1. The molecular formula is C14H18N6O. The Kier molecular flexibility index (Phi) is 3.07. The van der Waals surface area contributed by atoms with Crippen LogP contribution in [0.3, 0.4) is 0 Å². The average molecular weight is 286 g/mol. The van der Waals surface area contributed by atoms with E-state index >= 15 is 0 Å². The first-order chi connectivity index (χ1) is 10.3. The third kappa shape index (κ3) is 2.17. The number of anilines is 1. The summed E-state index contributed by atoms with van der Waals surface area (Å²) in [5, 5.41) is 8.21. The summed E-state index contributed by atoms with van der Waals surface area (Å²) in [5.41, 5.74) is 2.20. The van der Waals surface area contributed by atoms with E-state index < -0.39 is 0 Å². The molecule has 0 aromatic carbocycles. The lowest BCUT2D eigenvalue weighted by Gasteiger charge is -2.40. The van der Waals surface area contributed by atoms with Gasteiger partial charge in [-0.3, -0.25) is 0 Å². The van der Waals surface area contributed by atoms with Gasteiger partial charge < -0.3 is 9.64 Å². The molecule has 1 fully saturated rings. The van der Waals surface area contributed by atoms with Gasteiger partial charge in [0.1, 0.15) is 0 Å². The van der Waals surface area contributed by atoms with E-state index in [9.17, 15) is 0 Å². The summed E-state index contributed by atoms with van der Waals surface area (Å²) in [4.78, 5) is 11.2. The van der Waals surface area contributed by atoms with Gasteiger partial charge in [-0.1, -0.05) is 12.1 Å². The van der Waals surface area contributed by atoms with Crippen LogP contribution in [0.25, 0.3) is 0 Å². The van der Waals surface area contributed by atoms with Crippen LogP contribution in [-0.4, -0.2) is 44.2 Å². The van der Waals surface area contributed by atoms with E-state index in [0.717, 1.165) is 43.1 Å². The molecule has 2 aliphatic heterocycles. The van der Waals surface area contributed by atoms with E-state index in [1.807, 2.05) is 17.1 Å². The molecule has 2 aromatic heterocycles. The van der Waals surface area contributed by atoms with Crippen molar-refractivity contribution >= 4 is 5.95 Å². The Balaban J connectivity index is 1.57. The van der Waals surface area contributed by atoms with Gasteiger partial charge in [0.15, 0.2) is 0 Å². The summed E-state index contributed by atoms with van der Waals surface area (Å²) in [6, 6.07) is 0.194. The summed E-state index contributed by atoms with van der Waals surface area (Å²) in [7, 11) is 0. The lowest BCUT2D eigenvalue weighted by atomic mass is 10.0. The molecule has 1 saturated heterocycles.